The number of rotatable bonds is 7. The Bertz CT molecular complexity index is 1330. The fourth-order valence-corrected chi connectivity index (χ4v) is 4.64. The third-order valence-electron chi connectivity index (χ3n) is 6.67. The van der Waals surface area contributed by atoms with Gasteiger partial charge < -0.3 is 19.4 Å². The summed E-state index contributed by atoms with van der Waals surface area (Å²) in [4.78, 5) is 46.2. The van der Waals surface area contributed by atoms with E-state index < -0.39 is 23.7 Å². The second-order valence-corrected chi connectivity index (χ2v) is 9.65. The van der Waals surface area contributed by atoms with Crippen molar-refractivity contribution in [3.8, 4) is 5.88 Å². The summed E-state index contributed by atoms with van der Waals surface area (Å²) in [5, 5.41) is 2.64. The molecule has 0 spiro atoms. The van der Waals surface area contributed by atoms with Gasteiger partial charge in [-0.1, -0.05) is 0 Å². The summed E-state index contributed by atoms with van der Waals surface area (Å²) in [6, 6.07) is 2.62. The van der Waals surface area contributed by atoms with Crippen LogP contribution >= 0.6 is 0 Å². The van der Waals surface area contributed by atoms with Crippen LogP contribution in [0.3, 0.4) is 0 Å². The van der Waals surface area contributed by atoms with Crippen LogP contribution < -0.4 is 15.6 Å². The van der Waals surface area contributed by atoms with Gasteiger partial charge in [0.15, 0.2) is 0 Å². The minimum Gasteiger partial charge on any atom is -0.474 e. The van der Waals surface area contributed by atoms with E-state index in [4.69, 9.17) is 4.74 Å². The van der Waals surface area contributed by atoms with E-state index in [0.717, 1.165) is 37.7 Å². The highest BCUT2D eigenvalue weighted by Gasteiger charge is 2.40. The van der Waals surface area contributed by atoms with Crippen molar-refractivity contribution in [2.45, 2.75) is 70.2 Å². The second-order valence-electron chi connectivity index (χ2n) is 9.65. The van der Waals surface area contributed by atoms with Crippen LogP contribution in [0.1, 0.15) is 74.0 Å². The Kier molecular flexibility index (Phi) is 6.12. The predicted molar refractivity (Wildman–Crippen MR) is 127 cm³/mol. The number of pyridine rings is 1. The number of nitrogens with zero attached hydrogens (tertiary/aromatic N) is 4. The Labute approximate surface area is 201 Å². The number of fused-ring (bicyclic) bond motifs is 1. The van der Waals surface area contributed by atoms with E-state index in [1.54, 1.807) is 16.7 Å². The highest BCUT2D eigenvalue weighted by atomic mass is 19.1. The Morgan fingerprint density at radius 3 is 2.63 bits per heavy atom. The molecule has 1 N–H and O–H groups in total. The molecular formula is C25H28FN5O4. The van der Waals surface area contributed by atoms with Crippen molar-refractivity contribution in [2.24, 2.45) is 5.92 Å². The molecule has 0 bridgehead atoms. The smallest absolute Gasteiger partial charge is 0.274 e. The quantitative estimate of drug-likeness (QED) is 0.516. The summed E-state index contributed by atoms with van der Waals surface area (Å²) < 4.78 is 22.3. The van der Waals surface area contributed by atoms with Crippen molar-refractivity contribution >= 4 is 23.7 Å². The van der Waals surface area contributed by atoms with Crippen molar-refractivity contribution in [1.29, 1.82) is 0 Å². The van der Waals surface area contributed by atoms with E-state index in [1.807, 2.05) is 20.0 Å². The van der Waals surface area contributed by atoms with Gasteiger partial charge in [-0.05, 0) is 51.7 Å². The first-order valence-electron chi connectivity index (χ1n) is 12.0. The molecule has 3 aromatic rings. The van der Waals surface area contributed by atoms with Gasteiger partial charge in [0.2, 0.25) is 11.7 Å². The lowest BCUT2D eigenvalue weighted by atomic mass is 9.81. The molecule has 5 rings (SSSR count). The van der Waals surface area contributed by atoms with Gasteiger partial charge in [0.1, 0.15) is 23.7 Å². The first kappa shape index (κ1) is 23.2. The molecule has 0 radical (unpaired) electrons. The van der Waals surface area contributed by atoms with Crippen molar-refractivity contribution < 1.29 is 18.7 Å². The molecule has 0 aliphatic heterocycles. The Balaban J connectivity index is 1.45. The van der Waals surface area contributed by atoms with Gasteiger partial charge in [-0.15, -0.1) is 0 Å². The number of imidazole rings is 1. The molecular weight excluding hydrogens is 453 g/mol. The van der Waals surface area contributed by atoms with Crippen molar-refractivity contribution in [3.05, 3.63) is 52.3 Å². The van der Waals surface area contributed by atoms with E-state index in [2.05, 4.69) is 15.3 Å². The monoisotopic (exact) mass is 481 g/mol. The lowest BCUT2D eigenvalue weighted by molar-refractivity contribution is -0.111. The summed E-state index contributed by atoms with van der Waals surface area (Å²) in [5.74, 6) is 0.313. The van der Waals surface area contributed by atoms with E-state index in [0.29, 0.717) is 12.2 Å². The Morgan fingerprint density at radius 1 is 1.23 bits per heavy atom. The van der Waals surface area contributed by atoms with Gasteiger partial charge >= 0.3 is 0 Å². The van der Waals surface area contributed by atoms with E-state index in [-0.39, 0.29) is 35.1 Å². The average molecular weight is 482 g/mol. The van der Waals surface area contributed by atoms with Crippen LogP contribution in [0.15, 0.2) is 35.5 Å². The molecule has 0 saturated heterocycles. The van der Waals surface area contributed by atoms with Crippen LogP contribution in [0.2, 0.25) is 0 Å². The minimum absolute atomic E-state index is 0.0606. The zero-order valence-corrected chi connectivity index (χ0v) is 19.7. The molecule has 3 aromatic heterocycles. The van der Waals surface area contributed by atoms with Gasteiger partial charge in [0, 0.05) is 36.8 Å². The zero-order valence-electron chi connectivity index (χ0n) is 19.7. The SMILES string of the molecule is CC(C)Oc1nc2nc(C3CCC(C=O)CC3)cn2cc1C(=O)Nc1cccn([C@H]2C[C@H]2F)c1=O. The highest BCUT2D eigenvalue weighted by Crippen LogP contribution is 2.38. The molecule has 1 amide bonds. The number of alkyl halides is 1. The second kappa shape index (κ2) is 9.24. The number of halogens is 1. The normalized spacial score (nSPS) is 23.9. The van der Waals surface area contributed by atoms with Crippen molar-refractivity contribution in [1.82, 2.24) is 18.9 Å². The Morgan fingerprint density at radius 2 is 1.97 bits per heavy atom. The summed E-state index contributed by atoms with van der Waals surface area (Å²) in [6.45, 7) is 3.66. The molecule has 3 heterocycles. The predicted octanol–water partition coefficient (Wildman–Crippen LogP) is 3.69. The van der Waals surface area contributed by atoms with Gasteiger partial charge in [-0.3, -0.25) is 14.0 Å². The summed E-state index contributed by atoms with van der Waals surface area (Å²) in [6.07, 6.45) is 8.44. The minimum atomic E-state index is -1.04. The number of anilines is 1. The van der Waals surface area contributed by atoms with E-state index >= 15 is 0 Å². The lowest BCUT2D eigenvalue weighted by Crippen LogP contribution is -2.26. The summed E-state index contributed by atoms with van der Waals surface area (Å²) in [5.41, 5.74) is 0.628. The number of hydrogen-bond acceptors (Lipinski definition) is 6. The summed E-state index contributed by atoms with van der Waals surface area (Å²) in [7, 11) is 0. The van der Waals surface area contributed by atoms with Crippen molar-refractivity contribution in [3.63, 3.8) is 0 Å². The Hall–Kier alpha value is -3.56. The molecule has 0 unspecified atom stereocenters. The number of carbonyl (C=O) groups excluding carboxylic acids is 2. The van der Waals surface area contributed by atoms with E-state index in [9.17, 15) is 18.8 Å². The van der Waals surface area contributed by atoms with Gasteiger partial charge in [-0.25, -0.2) is 9.37 Å². The molecule has 35 heavy (non-hydrogen) atoms. The molecule has 2 saturated carbocycles. The van der Waals surface area contributed by atoms with Crippen LogP contribution in [0.25, 0.3) is 5.78 Å². The highest BCUT2D eigenvalue weighted by molar-refractivity contribution is 6.05. The molecule has 2 atom stereocenters. The fourth-order valence-electron chi connectivity index (χ4n) is 4.64. The first-order valence-corrected chi connectivity index (χ1v) is 12.0. The number of aromatic nitrogens is 4. The van der Waals surface area contributed by atoms with Gasteiger partial charge in [-0.2, -0.15) is 4.98 Å². The summed E-state index contributed by atoms with van der Waals surface area (Å²) >= 11 is 0. The van der Waals surface area contributed by atoms with E-state index in [1.165, 1.54) is 16.8 Å². The lowest BCUT2D eigenvalue weighted by Gasteiger charge is -2.23. The molecule has 2 aliphatic carbocycles. The van der Waals surface area contributed by atoms with Crippen LogP contribution in [0, 0.1) is 5.92 Å². The topological polar surface area (TPSA) is 108 Å². The van der Waals surface area contributed by atoms with Crippen LogP contribution in [0.5, 0.6) is 5.88 Å². The molecule has 2 aliphatic rings. The third-order valence-corrected chi connectivity index (χ3v) is 6.67. The third kappa shape index (κ3) is 4.69. The maximum atomic E-state index is 13.5. The number of nitrogens with one attached hydrogen (secondary N) is 1. The van der Waals surface area contributed by atoms with Gasteiger partial charge in [0.25, 0.3) is 11.5 Å². The maximum Gasteiger partial charge on any atom is 0.274 e. The van der Waals surface area contributed by atoms with Crippen LogP contribution in [-0.4, -0.2) is 43.4 Å². The molecule has 9 nitrogen and oxygen atoms in total. The molecule has 0 aromatic carbocycles. The van der Waals surface area contributed by atoms with Crippen LogP contribution in [-0.2, 0) is 4.79 Å². The molecule has 184 valence electrons. The number of ether oxygens (including phenoxy) is 1. The number of aldehydes is 1. The molecule has 2 fully saturated rings. The first-order chi connectivity index (χ1) is 16.8. The number of amides is 1. The average Bonchev–Trinajstić information content (AvgIpc) is 3.41. The van der Waals surface area contributed by atoms with Crippen molar-refractivity contribution in [2.75, 3.05) is 5.32 Å². The largest absolute Gasteiger partial charge is 0.474 e. The molecule has 10 heteroatoms. The number of hydrogen-bond donors (Lipinski definition) is 1. The standard InChI is InChI=1S/C25H28FN5O4/c1-14(2)35-23-17(22(33)27-19-4-3-9-31(24(19)34)21-10-18(21)26)11-30-12-20(28-25(30)29-23)16-7-5-15(13-32)6-8-16/h3-4,9,11-16,18,21H,5-8,10H2,1-2H3,(H,27,33)/t15?,16?,18-,21+/m1/s1. The van der Waals surface area contributed by atoms with Gasteiger partial charge in [0.05, 0.1) is 17.8 Å². The zero-order chi connectivity index (χ0) is 24.7. The fraction of sp³-hybridized carbons (Fsp3) is 0.480. The maximum absolute atomic E-state index is 13.5. The number of carbonyl (C=O) groups is 2. The van der Waals surface area contributed by atoms with Crippen LogP contribution in [0.4, 0.5) is 10.1 Å².